The number of aliphatic hydroxyl groups is 1. The van der Waals surface area contributed by atoms with Crippen molar-refractivity contribution in [3.8, 4) is 5.75 Å². The summed E-state index contributed by atoms with van der Waals surface area (Å²) in [7, 11) is -4.01. The Bertz CT molecular complexity index is 1380. The maximum absolute atomic E-state index is 13.5. The molecule has 236 valence electrons. The second kappa shape index (κ2) is 13.7. The molecule has 43 heavy (non-hydrogen) atoms. The third-order valence-electron chi connectivity index (χ3n) is 8.50. The second-order valence-electron chi connectivity index (χ2n) is 13.1. The fourth-order valence-corrected chi connectivity index (χ4v) is 7.68. The van der Waals surface area contributed by atoms with Gasteiger partial charge in [-0.25, -0.2) is 8.42 Å². The fraction of sp³-hybridized carbons (Fsp3) is 0.562. The van der Waals surface area contributed by atoms with Crippen molar-refractivity contribution in [2.45, 2.75) is 83.5 Å². The highest BCUT2D eigenvalue weighted by Gasteiger charge is 2.42. The molecule has 5 atom stereocenters. The summed E-state index contributed by atoms with van der Waals surface area (Å²) < 4.78 is 29.1. The molecule has 1 aliphatic carbocycles. The topological polar surface area (TPSA) is 148 Å². The van der Waals surface area contributed by atoms with Crippen LogP contribution in [0.4, 0.5) is 5.69 Å². The van der Waals surface area contributed by atoms with Crippen LogP contribution in [0.3, 0.4) is 0 Å². The van der Waals surface area contributed by atoms with Gasteiger partial charge in [0.25, 0.3) is 5.91 Å². The van der Waals surface area contributed by atoms with E-state index in [0.29, 0.717) is 36.1 Å². The van der Waals surface area contributed by atoms with Gasteiger partial charge < -0.3 is 20.8 Å². The van der Waals surface area contributed by atoms with Gasteiger partial charge in [0.05, 0.1) is 23.9 Å². The number of β-amino-alcohol motifs (C(OH)–C–C–N with tert-alkyl or cyclic N) is 1. The lowest BCUT2D eigenvalue weighted by Crippen LogP contribution is -2.60. The summed E-state index contributed by atoms with van der Waals surface area (Å²) in [5, 5.41) is 27.6. The molecule has 1 heterocycles. The summed E-state index contributed by atoms with van der Waals surface area (Å²) in [6.07, 6.45) is 3.77. The average molecular weight is 615 g/mol. The van der Waals surface area contributed by atoms with Gasteiger partial charge in [-0.3, -0.25) is 19.2 Å². The molecule has 2 amide bonds. The summed E-state index contributed by atoms with van der Waals surface area (Å²) in [5.74, 6) is -0.556. The van der Waals surface area contributed by atoms with Crippen LogP contribution in [0.15, 0.2) is 48.5 Å². The molecule has 0 bridgehead atoms. The molecule has 11 heteroatoms. The first-order valence-corrected chi connectivity index (χ1v) is 16.8. The minimum Gasteiger partial charge on any atom is -0.508 e. The highest BCUT2D eigenvalue weighted by Crippen LogP contribution is 2.39. The monoisotopic (exact) mass is 614 g/mol. The smallest absolute Gasteiger partial charge is 0.252 e. The Labute approximate surface area is 255 Å². The van der Waals surface area contributed by atoms with Crippen molar-refractivity contribution in [3.63, 3.8) is 0 Å². The summed E-state index contributed by atoms with van der Waals surface area (Å²) in [5.41, 5.74) is 0.453. The highest BCUT2D eigenvalue weighted by molar-refractivity contribution is 7.92. The van der Waals surface area contributed by atoms with E-state index in [9.17, 15) is 28.2 Å². The summed E-state index contributed by atoms with van der Waals surface area (Å²) in [6.45, 7) is 8.00. The molecule has 2 aliphatic rings. The average Bonchev–Trinajstić information content (AvgIpc) is 2.93. The van der Waals surface area contributed by atoms with Crippen LogP contribution in [0.5, 0.6) is 5.75 Å². The number of nitrogens with one attached hydrogen (secondary N) is 3. The van der Waals surface area contributed by atoms with Gasteiger partial charge >= 0.3 is 0 Å². The number of phenolic OH excluding ortho intramolecular Hbond substituents is 1. The number of phenols is 1. The SMILES string of the molecule is Cc1c(O)cccc1C(=O)NC(CS(=O)(=O)Nc1ccccc1)C(O)CN1CC2CCCCC2CC1C(=O)NC(C)(C)C. The summed E-state index contributed by atoms with van der Waals surface area (Å²) in [4.78, 5) is 28.8. The van der Waals surface area contributed by atoms with Crippen LogP contribution >= 0.6 is 0 Å². The van der Waals surface area contributed by atoms with E-state index in [-0.39, 0.29) is 23.8 Å². The van der Waals surface area contributed by atoms with Crippen LogP contribution in [0.1, 0.15) is 68.8 Å². The molecule has 10 nitrogen and oxygen atoms in total. The zero-order chi connectivity index (χ0) is 31.4. The number of hydrogen-bond donors (Lipinski definition) is 5. The lowest BCUT2D eigenvalue weighted by atomic mass is 9.72. The molecule has 4 rings (SSSR count). The number of rotatable bonds is 10. The molecule has 0 spiro atoms. The zero-order valence-corrected chi connectivity index (χ0v) is 26.4. The van der Waals surface area contributed by atoms with Gasteiger partial charge in [-0.05, 0) is 76.6 Å². The quantitative estimate of drug-likeness (QED) is 0.276. The number of para-hydroxylation sites is 1. The molecule has 0 radical (unpaired) electrons. The Kier molecular flexibility index (Phi) is 10.4. The minimum absolute atomic E-state index is 0.0102. The number of carbonyl (C=O) groups is 2. The number of aliphatic hydroxyl groups excluding tert-OH is 1. The van der Waals surface area contributed by atoms with Crippen LogP contribution in [0.25, 0.3) is 0 Å². The Hall–Kier alpha value is -3.15. The highest BCUT2D eigenvalue weighted by atomic mass is 32.2. The van der Waals surface area contributed by atoms with E-state index in [2.05, 4.69) is 15.4 Å². The van der Waals surface area contributed by atoms with Gasteiger partial charge in [-0.2, -0.15) is 0 Å². The maximum Gasteiger partial charge on any atom is 0.252 e. The minimum atomic E-state index is -4.01. The van der Waals surface area contributed by atoms with E-state index >= 15 is 0 Å². The van der Waals surface area contributed by atoms with E-state index in [1.165, 1.54) is 18.2 Å². The summed E-state index contributed by atoms with van der Waals surface area (Å²) in [6, 6.07) is 11.3. The van der Waals surface area contributed by atoms with Crippen molar-refractivity contribution in [1.29, 1.82) is 0 Å². The van der Waals surface area contributed by atoms with E-state index in [1.54, 1.807) is 37.3 Å². The number of aromatic hydroxyl groups is 1. The molecular formula is C32H46N4O6S. The van der Waals surface area contributed by atoms with Crippen molar-refractivity contribution in [3.05, 3.63) is 59.7 Å². The van der Waals surface area contributed by atoms with E-state index in [1.807, 2.05) is 25.7 Å². The third-order valence-corrected chi connectivity index (χ3v) is 9.85. The number of benzene rings is 2. The number of nitrogens with zero attached hydrogens (tertiary/aromatic N) is 1. The normalized spacial score (nSPS) is 22.6. The van der Waals surface area contributed by atoms with Crippen LogP contribution in [-0.2, 0) is 14.8 Å². The van der Waals surface area contributed by atoms with E-state index in [4.69, 9.17) is 0 Å². The van der Waals surface area contributed by atoms with Gasteiger partial charge in [0.1, 0.15) is 5.75 Å². The molecule has 2 fully saturated rings. The van der Waals surface area contributed by atoms with Crippen molar-refractivity contribution in [1.82, 2.24) is 15.5 Å². The van der Waals surface area contributed by atoms with Crippen molar-refractivity contribution in [2.75, 3.05) is 23.6 Å². The second-order valence-corrected chi connectivity index (χ2v) is 14.9. The molecule has 5 unspecified atom stereocenters. The van der Waals surface area contributed by atoms with Gasteiger partial charge in [0.15, 0.2) is 0 Å². The first-order chi connectivity index (χ1) is 20.2. The number of carbonyl (C=O) groups excluding carboxylic acids is 2. The number of fused-ring (bicyclic) bond motifs is 1. The Morgan fingerprint density at radius 3 is 2.37 bits per heavy atom. The number of likely N-dealkylation sites (tertiary alicyclic amines) is 1. The molecular weight excluding hydrogens is 568 g/mol. The van der Waals surface area contributed by atoms with Crippen LogP contribution < -0.4 is 15.4 Å². The fourth-order valence-electron chi connectivity index (χ4n) is 6.32. The molecule has 1 aliphatic heterocycles. The molecule has 0 aromatic heterocycles. The first kappa shape index (κ1) is 32.8. The van der Waals surface area contributed by atoms with E-state index in [0.717, 1.165) is 25.7 Å². The molecule has 1 saturated heterocycles. The number of hydrogen-bond acceptors (Lipinski definition) is 7. The molecule has 1 saturated carbocycles. The van der Waals surface area contributed by atoms with Gasteiger partial charge in [-0.15, -0.1) is 0 Å². The van der Waals surface area contributed by atoms with Crippen molar-refractivity contribution in [2.24, 2.45) is 11.8 Å². The standard InChI is InChI=1S/C32H46N4O6S/c1-21-25(15-10-16-28(21)37)30(39)33-26(20-43(41,42)35-24-13-6-5-7-14-24)29(38)19-36-18-23-12-9-8-11-22(23)17-27(36)31(40)34-32(2,3)4/h5-7,10,13-16,22-23,26-27,29,35,37-38H,8-9,11-12,17-20H2,1-4H3,(H,33,39)(H,34,40). The Morgan fingerprint density at radius 2 is 1.70 bits per heavy atom. The number of anilines is 1. The molecule has 5 N–H and O–H groups in total. The summed E-state index contributed by atoms with van der Waals surface area (Å²) >= 11 is 0. The predicted octanol–water partition coefficient (Wildman–Crippen LogP) is 3.40. The van der Waals surface area contributed by atoms with Crippen molar-refractivity contribution >= 4 is 27.5 Å². The predicted molar refractivity (Wildman–Crippen MR) is 167 cm³/mol. The van der Waals surface area contributed by atoms with Crippen LogP contribution in [-0.4, -0.2) is 77.9 Å². The van der Waals surface area contributed by atoms with E-state index < -0.39 is 45.4 Å². The Morgan fingerprint density at radius 1 is 1.02 bits per heavy atom. The molecule has 2 aromatic carbocycles. The third kappa shape index (κ3) is 8.93. The zero-order valence-electron chi connectivity index (χ0n) is 25.5. The number of piperidine rings is 1. The van der Waals surface area contributed by atoms with Crippen molar-refractivity contribution < 1.29 is 28.2 Å². The van der Waals surface area contributed by atoms with Gasteiger partial charge in [-0.1, -0.05) is 43.5 Å². The maximum atomic E-state index is 13.5. The lowest BCUT2D eigenvalue weighted by molar-refractivity contribution is -0.132. The van der Waals surface area contributed by atoms with Gasteiger partial charge in [0, 0.05) is 35.4 Å². The Balaban J connectivity index is 1.59. The van der Waals surface area contributed by atoms with Gasteiger partial charge in [0.2, 0.25) is 15.9 Å². The lowest BCUT2D eigenvalue weighted by Gasteiger charge is -2.47. The molecule has 2 aromatic rings. The number of sulfonamides is 1. The largest absolute Gasteiger partial charge is 0.508 e. The first-order valence-electron chi connectivity index (χ1n) is 15.1. The number of amides is 2. The van der Waals surface area contributed by atoms with Crippen LogP contribution in [0, 0.1) is 18.8 Å². The van der Waals surface area contributed by atoms with Crippen LogP contribution in [0.2, 0.25) is 0 Å².